The Labute approximate surface area is 126 Å². The van der Waals surface area contributed by atoms with Gasteiger partial charge in [0.25, 0.3) is 5.91 Å². The van der Waals surface area contributed by atoms with Crippen LogP contribution in [0.4, 0.5) is 4.39 Å². The first-order valence-corrected chi connectivity index (χ1v) is 7.47. The first-order valence-electron chi connectivity index (χ1n) is 6.68. The van der Waals surface area contributed by atoms with Gasteiger partial charge in [-0.05, 0) is 31.0 Å². The van der Waals surface area contributed by atoms with E-state index < -0.39 is 0 Å². The molecule has 0 radical (unpaired) electrons. The molecule has 1 aliphatic rings. The van der Waals surface area contributed by atoms with Crippen molar-refractivity contribution in [3.8, 4) is 0 Å². The number of nitrogens with zero attached hydrogens (tertiary/aromatic N) is 1. The lowest BCUT2D eigenvalue weighted by Gasteiger charge is -2.27. The summed E-state index contributed by atoms with van der Waals surface area (Å²) in [5.74, 6) is -0.472. The molecule has 6 heteroatoms. The van der Waals surface area contributed by atoms with Gasteiger partial charge in [-0.25, -0.2) is 9.82 Å². The highest BCUT2D eigenvalue weighted by molar-refractivity contribution is 9.10. The number of piperidine rings is 1. The fourth-order valence-corrected chi connectivity index (χ4v) is 2.76. The number of quaternary nitrogens is 1. The molecule has 1 amide bonds. The molecule has 20 heavy (non-hydrogen) atoms. The third-order valence-corrected chi connectivity index (χ3v) is 4.05. The molecule has 1 saturated heterocycles. The molecule has 2 N–H and O–H groups in total. The normalized spacial score (nSPS) is 22.9. The Hall–Kier alpha value is -1.27. The average molecular weight is 343 g/mol. The van der Waals surface area contributed by atoms with E-state index in [1.807, 2.05) is 7.05 Å². The molecule has 1 heterocycles. The molecule has 0 aromatic heterocycles. The zero-order chi connectivity index (χ0) is 14.5. The molecule has 1 aliphatic heterocycles. The highest BCUT2D eigenvalue weighted by Gasteiger charge is 2.29. The van der Waals surface area contributed by atoms with Crippen LogP contribution >= 0.6 is 15.9 Å². The fourth-order valence-electron chi connectivity index (χ4n) is 2.38. The predicted molar refractivity (Wildman–Crippen MR) is 79.2 cm³/mol. The third kappa shape index (κ3) is 3.86. The van der Waals surface area contributed by atoms with E-state index in [1.165, 1.54) is 17.2 Å². The van der Waals surface area contributed by atoms with Gasteiger partial charge in [0.1, 0.15) is 5.82 Å². The molecule has 1 aromatic rings. The highest BCUT2D eigenvalue weighted by atomic mass is 79.9. The molecule has 2 rings (SSSR count). The van der Waals surface area contributed by atoms with Crippen LogP contribution in [0.1, 0.15) is 24.8 Å². The minimum absolute atomic E-state index is 0.0618. The van der Waals surface area contributed by atoms with E-state index in [9.17, 15) is 9.18 Å². The number of halogens is 2. The first kappa shape index (κ1) is 15.1. The van der Waals surface area contributed by atoms with Crippen molar-refractivity contribution in [3.05, 3.63) is 34.1 Å². The van der Waals surface area contributed by atoms with Gasteiger partial charge >= 0.3 is 0 Å². The summed E-state index contributed by atoms with van der Waals surface area (Å²) in [6, 6.07) is 4.52. The summed E-state index contributed by atoms with van der Waals surface area (Å²) < 4.78 is 14.2. The van der Waals surface area contributed by atoms with Gasteiger partial charge in [0, 0.05) is 16.5 Å². The first-order chi connectivity index (χ1) is 9.58. The summed E-state index contributed by atoms with van der Waals surface area (Å²) in [5, 5.41) is 3.85. The molecule has 1 fully saturated rings. The van der Waals surface area contributed by atoms with Crippen molar-refractivity contribution in [3.63, 3.8) is 0 Å². The molecule has 1 aromatic carbocycles. The van der Waals surface area contributed by atoms with Crippen LogP contribution in [0.15, 0.2) is 27.8 Å². The van der Waals surface area contributed by atoms with Gasteiger partial charge in [0.05, 0.1) is 19.8 Å². The number of rotatable bonds is 3. The molecule has 2 atom stereocenters. The topological polar surface area (TPSA) is 45.9 Å². The Morgan fingerprint density at radius 2 is 2.35 bits per heavy atom. The van der Waals surface area contributed by atoms with Crippen LogP contribution in [0.2, 0.25) is 0 Å². The van der Waals surface area contributed by atoms with Crippen LogP contribution in [0.3, 0.4) is 0 Å². The Bertz CT molecular complexity index is 521. The van der Waals surface area contributed by atoms with Crippen molar-refractivity contribution in [2.24, 2.45) is 5.10 Å². The monoisotopic (exact) mass is 342 g/mol. The van der Waals surface area contributed by atoms with Crippen molar-refractivity contribution >= 4 is 28.1 Å². The van der Waals surface area contributed by atoms with Gasteiger partial charge in [0.2, 0.25) is 0 Å². The maximum atomic E-state index is 13.5. The summed E-state index contributed by atoms with van der Waals surface area (Å²) in [7, 11) is 2.01. The number of hydrazone groups is 1. The number of amides is 1. The molecular weight excluding hydrogens is 325 g/mol. The fraction of sp³-hybridized carbons (Fsp3) is 0.429. The summed E-state index contributed by atoms with van der Waals surface area (Å²) >= 11 is 3.27. The molecule has 0 spiro atoms. The lowest BCUT2D eigenvalue weighted by atomic mass is 10.0. The molecule has 108 valence electrons. The minimum atomic E-state index is -0.369. The van der Waals surface area contributed by atoms with Crippen LogP contribution < -0.4 is 10.3 Å². The number of carbonyl (C=O) groups is 1. The number of likely N-dealkylation sites (tertiary alicyclic amines) is 1. The van der Waals surface area contributed by atoms with Gasteiger partial charge < -0.3 is 4.90 Å². The van der Waals surface area contributed by atoms with E-state index in [4.69, 9.17) is 0 Å². The number of likely N-dealkylation sites (N-methyl/N-ethyl adjacent to an activating group) is 1. The zero-order valence-corrected chi connectivity index (χ0v) is 12.9. The number of carbonyl (C=O) groups excluding carboxylic acids is 1. The second-order valence-electron chi connectivity index (χ2n) is 5.04. The van der Waals surface area contributed by atoms with Crippen LogP contribution in [-0.2, 0) is 4.79 Å². The minimum Gasteiger partial charge on any atom is -0.327 e. The maximum Gasteiger partial charge on any atom is 0.298 e. The Balaban J connectivity index is 1.95. The van der Waals surface area contributed by atoms with Gasteiger partial charge in [-0.3, -0.25) is 4.79 Å². The number of hydrogen-bond donors (Lipinski definition) is 2. The number of nitrogens with one attached hydrogen (secondary N) is 2. The molecule has 1 unspecified atom stereocenters. The van der Waals surface area contributed by atoms with Crippen molar-refractivity contribution in [1.29, 1.82) is 0 Å². The third-order valence-electron chi connectivity index (χ3n) is 3.56. The van der Waals surface area contributed by atoms with Crippen molar-refractivity contribution in [1.82, 2.24) is 5.43 Å². The molecule has 0 saturated carbocycles. The Morgan fingerprint density at radius 3 is 3.10 bits per heavy atom. The predicted octanol–water partition coefficient (Wildman–Crippen LogP) is 1.11. The van der Waals surface area contributed by atoms with Crippen LogP contribution in [0.5, 0.6) is 0 Å². The van der Waals surface area contributed by atoms with Crippen LogP contribution in [0.25, 0.3) is 0 Å². The number of benzene rings is 1. The zero-order valence-electron chi connectivity index (χ0n) is 11.3. The van der Waals surface area contributed by atoms with Gasteiger partial charge in [0.15, 0.2) is 6.04 Å². The largest absolute Gasteiger partial charge is 0.327 e. The van der Waals surface area contributed by atoms with Gasteiger partial charge in [-0.1, -0.05) is 15.9 Å². The average Bonchev–Trinajstić information content (AvgIpc) is 2.43. The highest BCUT2D eigenvalue weighted by Crippen LogP contribution is 2.13. The van der Waals surface area contributed by atoms with E-state index in [0.29, 0.717) is 5.56 Å². The smallest absolute Gasteiger partial charge is 0.298 e. The van der Waals surface area contributed by atoms with Crippen molar-refractivity contribution < 1.29 is 14.1 Å². The maximum absolute atomic E-state index is 13.5. The van der Waals surface area contributed by atoms with Gasteiger partial charge in [-0.2, -0.15) is 5.10 Å². The van der Waals surface area contributed by atoms with Crippen LogP contribution in [-0.4, -0.2) is 31.8 Å². The molecule has 0 aliphatic carbocycles. The lowest BCUT2D eigenvalue weighted by Crippen LogP contribution is -3.15. The Kier molecular flexibility index (Phi) is 5.25. The lowest BCUT2D eigenvalue weighted by molar-refractivity contribution is -0.901. The van der Waals surface area contributed by atoms with Crippen molar-refractivity contribution in [2.45, 2.75) is 25.3 Å². The van der Waals surface area contributed by atoms with Crippen LogP contribution in [0, 0.1) is 5.82 Å². The Morgan fingerprint density at radius 1 is 1.55 bits per heavy atom. The second-order valence-corrected chi connectivity index (χ2v) is 5.96. The van der Waals surface area contributed by atoms with E-state index in [-0.39, 0.29) is 17.8 Å². The van der Waals surface area contributed by atoms with E-state index in [0.717, 1.165) is 30.3 Å². The quantitative estimate of drug-likeness (QED) is 0.627. The summed E-state index contributed by atoms with van der Waals surface area (Å²) in [6.07, 6.45) is 4.43. The van der Waals surface area contributed by atoms with E-state index >= 15 is 0 Å². The molecular formula is C14H18BrFN3O+. The van der Waals surface area contributed by atoms with E-state index in [2.05, 4.69) is 26.5 Å². The molecule has 4 nitrogen and oxygen atoms in total. The van der Waals surface area contributed by atoms with Crippen molar-refractivity contribution in [2.75, 3.05) is 13.6 Å². The van der Waals surface area contributed by atoms with E-state index in [1.54, 1.807) is 12.1 Å². The van der Waals surface area contributed by atoms with Gasteiger partial charge in [-0.15, -0.1) is 0 Å². The standard InChI is InChI=1S/C14H17BrFN3O/c1-19-7-3-2-4-13(19)14(20)18-17-9-10-8-11(15)5-6-12(10)16/h5-6,8-9,13H,2-4,7H2,1H3,(H,18,20)/p+1/b17-9-/t13-/m1/s1. The second kappa shape index (κ2) is 6.95. The SMILES string of the molecule is C[NH+]1CCCC[C@@H]1C(=O)N/N=C\c1cc(Br)ccc1F. The summed E-state index contributed by atoms with van der Waals surface area (Å²) in [4.78, 5) is 13.2. The summed E-state index contributed by atoms with van der Waals surface area (Å²) in [5.41, 5.74) is 2.84. The summed E-state index contributed by atoms with van der Waals surface area (Å²) in [6.45, 7) is 1.00. The number of hydrogen-bond acceptors (Lipinski definition) is 2. The molecule has 0 bridgehead atoms.